The van der Waals surface area contributed by atoms with E-state index in [1.807, 2.05) is 11.3 Å². The summed E-state index contributed by atoms with van der Waals surface area (Å²) in [6.45, 7) is 0. The molecular formula is C48H30N2S. The van der Waals surface area contributed by atoms with Crippen molar-refractivity contribution >= 4 is 86.6 Å². The molecule has 1 aliphatic rings. The van der Waals surface area contributed by atoms with Crippen molar-refractivity contribution in [2.45, 2.75) is 12.8 Å². The first-order chi connectivity index (χ1) is 25.3. The standard InChI is InChI=1S/C48H30N2S/c1-5-19-42-32(11-1)36-15-9-16-37(39-18-10-17-38-35-14-4-8-22-45(35)51-48(38)39)46(36)49(42)31-25-23-29(24-26-31)30-27-40-33-12-2-6-20-43(33)50-44-21-7-3-13-34(44)41(28-30)47(40)50/h2-10,12-28H,1,11H2. The number of benzene rings is 7. The van der Waals surface area contributed by atoms with Crippen LogP contribution < -0.4 is 0 Å². The third kappa shape index (κ3) is 3.71. The number of hydrogen-bond donors (Lipinski definition) is 0. The van der Waals surface area contributed by atoms with Crippen LogP contribution >= 0.6 is 11.3 Å². The average molecular weight is 667 g/mol. The maximum Gasteiger partial charge on any atom is 0.0620 e. The van der Waals surface area contributed by atoms with Gasteiger partial charge in [-0.3, -0.25) is 0 Å². The van der Waals surface area contributed by atoms with Crippen LogP contribution in [0.15, 0.2) is 152 Å². The molecule has 0 fully saturated rings. The Bertz CT molecular complexity index is 3160. The molecular weight excluding hydrogens is 637 g/mol. The van der Waals surface area contributed by atoms with E-state index in [4.69, 9.17) is 0 Å². The topological polar surface area (TPSA) is 9.34 Å². The van der Waals surface area contributed by atoms with Gasteiger partial charge in [0.05, 0.1) is 22.1 Å². The van der Waals surface area contributed by atoms with E-state index in [9.17, 15) is 0 Å². The number of fused-ring (bicyclic) bond motifs is 12. The third-order valence-corrected chi connectivity index (χ3v) is 12.5. The number of rotatable bonds is 3. The molecule has 7 aromatic carbocycles. The van der Waals surface area contributed by atoms with Gasteiger partial charge in [0.15, 0.2) is 0 Å². The molecule has 11 aromatic rings. The van der Waals surface area contributed by atoms with E-state index in [2.05, 4.69) is 167 Å². The predicted molar refractivity (Wildman–Crippen MR) is 219 cm³/mol. The summed E-state index contributed by atoms with van der Waals surface area (Å²) < 4.78 is 7.67. The quantitative estimate of drug-likeness (QED) is 0.178. The molecule has 0 atom stereocenters. The highest BCUT2D eigenvalue weighted by Crippen LogP contribution is 2.45. The van der Waals surface area contributed by atoms with E-state index < -0.39 is 0 Å². The number of allylic oxidation sites excluding steroid dienone is 1. The summed E-state index contributed by atoms with van der Waals surface area (Å²) in [5, 5.41) is 9.27. The van der Waals surface area contributed by atoms with Gasteiger partial charge in [0.2, 0.25) is 0 Å². The fourth-order valence-electron chi connectivity index (χ4n) is 9.15. The number of thiophene rings is 1. The van der Waals surface area contributed by atoms with Crippen molar-refractivity contribution in [2.75, 3.05) is 0 Å². The first kappa shape index (κ1) is 27.6. The van der Waals surface area contributed by atoms with E-state index in [1.54, 1.807) is 0 Å². The molecule has 3 heteroatoms. The van der Waals surface area contributed by atoms with Gasteiger partial charge in [0.25, 0.3) is 0 Å². The van der Waals surface area contributed by atoms with Gasteiger partial charge in [-0.2, -0.15) is 0 Å². The molecule has 0 saturated carbocycles. The Balaban J connectivity index is 1.07. The molecule has 12 rings (SSSR count). The SMILES string of the molecule is C1=Cc2c(c3cccc(-c4cccc5c4sc4ccccc45)c3n2-c2ccc(-c3cc4c5ccccc5n5c6ccccc6c(c3)c45)cc2)CC1. The lowest BCUT2D eigenvalue weighted by molar-refractivity contribution is 0.968. The summed E-state index contributed by atoms with van der Waals surface area (Å²) in [6.07, 6.45) is 6.82. The minimum absolute atomic E-state index is 1.06. The largest absolute Gasteiger partial charge is 0.309 e. The molecule has 2 nitrogen and oxygen atoms in total. The lowest BCUT2D eigenvalue weighted by Crippen LogP contribution is -2.01. The molecule has 0 spiro atoms. The Morgan fingerprint density at radius 1 is 0.490 bits per heavy atom. The second-order valence-corrected chi connectivity index (χ2v) is 15.0. The summed E-state index contributed by atoms with van der Waals surface area (Å²) in [6, 6.07) is 54.3. The van der Waals surface area contributed by atoms with Crippen molar-refractivity contribution < 1.29 is 0 Å². The Morgan fingerprint density at radius 2 is 1.14 bits per heavy atom. The van der Waals surface area contributed by atoms with Gasteiger partial charge in [0.1, 0.15) is 0 Å². The molecule has 0 amide bonds. The van der Waals surface area contributed by atoms with Crippen LogP contribution in [0.25, 0.3) is 103 Å². The van der Waals surface area contributed by atoms with Gasteiger partial charge in [-0.25, -0.2) is 0 Å². The summed E-state index contributed by atoms with van der Waals surface area (Å²) in [5.41, 5.74) is 14.2. The van der Waals surface area contributed by atoms with Gasteiger partial charge in [-0.1, -0.05) is 109 Å². The molecule has 0 bridgehead atoms. The van der Waals surface area contributed by atoms with Crippen LogP contribution in [0, 0.1) is 0 Å². The maximum atomic E-state index is 2.53. The van der Waals surface area contributed by atoms with Crippen LogP contribution in [0.4, 0.5) is 0 Å². The monoisotopic (exact) mass is 666 g/mol. The fraction of sp³-hybridized carbons (Fsp3) is 0.0417. The maximum absolute atomic E-state index is 2.53. The minimum atomic E-state index is 1.06. The second-order valence-electron chi connectivity index (χ2n) is 14.0. The van der Waals surface area contributed by atoms with Crippen LogP contribution in [0.5, 0.6) is 0 Å². The highest BCUT2D eigenvalue weighted by atomic mass is 32.1. The van der Waals surface area contributed by atoms with E-state index in [1.165, 1.54) is 108 Å². The van der Waals surface area contributed by atoms with Crippen LogP contribution in [-0.2, 0) is 6.42 Å². The molecule has 4 aromatic heterocycles. The normalized spacial score (nSPS) is 13.3. The molecule has 0 aliphatic heterocycles. The molecule has 51 heavy (non-hydrogen) atoms. The van der Waals surface area contributed by atoms with Gasteiger partial charge < -0.3 is 8.97 Å². The van der Waals surface area contributed by atoms with Gasteiger partial charge in [-0.15, -0.1) is 11.3 Å². The van der Waals surface area contributed by atoms with Crippen LogP contribution in [0.1, 0.15) is 17.7 Å². The Morgan fingerprint density at radius 3 is 1.90 bits per heavy atom. The number of aromatic nitrogens is 2. The average Bonchev–Trinajstić information content (AvgIpc) is 3.93. The summed E-state index contributed by atoms with van der Waals surface area (Å²) in [5.74, 6) is 0. The van der Waals surface area contributed by atoms with Crippen molar-refractivity contribution in [1.29, 1.82) is 0 Å². The minimum Gasteiger partial charge on any atom is -0.309 e. The molecule has 0 N–H and O–H groups in total. The van der Waals surface area contributed by atoms with E-state index in [0.29, 0.717) is 0 Å². The smallest absolute Gasteiger partial charge is 0.0620 e. The van der Waals surface area contributed by atoms with Crippen molar-refractivity contribution in [3.8, 4) is 27.9 Å². The number of aryl methyl sites for hydroxylation is 1. The fourth-order valence-corrected chi connectivity index (χ4v) is 10.4. The van der Waals surface area contributed by atoms with Gasteiger partial charge in [0, 0.05) is 69.6 Å². The Hall–Kier alpha value is -6.16. The lowest BCUT2D eigenvalue weighted by Gasteiger charge is -2.15. The van der Waals surface area contributed by atoms with E-state index in [-0.39, 0.29) is 0 Å². The summed E-state index contributed by atoms with van der Waals surface area (Å²) >= 11 is 1.91. The zero-order valence-corrected chi connectivity index (χ0v) is 28.5. The lowest BCUT2D eigenvalue weighted by atomic mass is 9.97. The highest BCUT2D eigenvalue weighted by molar-refractivity contribution is 7.26. The molecule has 0 saturated heterocycles. The summed E-state index contributed by atoms with van der Waals surface area (Å²) in [4.78, 5) is 0. The van der Waals surface area contributed by atoms with E-state index >= 15 is 0 Å². The predicted octanol–water partition coefficient (Wildman–Crippen LogP) is 13.4. The number of hydrogen-bond acceptors (Lipinski definition) is 1. The third-order valence-electron chi connectivity index (χ3n) is 11.3. The van der Waals surface area contributed by atoms with Crippen LogP contribution in [-0.4, -0.2) is 8.97 Å². The molecule has 1 aliphatic carbocycles. The first-order valence-corrected chi connectivity index (χ1v) is 18.6. The van der Waals surface area contributed by atoms with Gasteiger partial charge in [-0.05, 0) is 78.1 Å². The Labute approximate surface area is 298 Å². The molecule has 0 unspecified atom stereocenters. The molecule has 0 radical (unpaired) electrons. The number of para-hydroxylation sites is 3. The zero-order chi connectivity index (χ0) is 33.2. The highest BCUT2D eigenvalue weighted by Gasteiger charge is 2.23. The Kier molecular flexibility index (Phi) is 5.52. The van der Waals surface area contributed by atoms with Crippen molar-refractivity contribution in [3.63, 3.8) is 0 Å². The second kappa shape index (κ2) is 10.2. The summed E-state index contributed by atoms with van der Waals surface area (Å²) in [7, 11) is 0. The van der Waals surface area contributed by atoms with Crippen molar-refractivity contribution in [3.05, 3.63) is 163 Å². The molecule has 4 heterocycles. The van der Waals surface area contributed by atoms with Gasteiger partial charge >= 0.3 is 0 Å². The van der Waals surface area contributed by atoms with Crippen LogP contribution in [0.3, 0.4) is 0 Å². The van der Waals surface area contributed by atoms with Crippen molar-refractivity contribution in [1.82, 2.24) is 8.97 Å². The number of nitrogens with zero attached hydrogens (tertiary/aromatic N) is 2. The van der Waals surface area contributed by atoms with Crippen molar-refractivity contribution in [2.24, 2.45) is 0 Å². The zero-order valence-electron chi connectivity index (χ0n) is 27.7. The van der Waals surface area contributed by atoms with Crippen LogP contribution in [0.2, 0.25) is 0 Å². The first-order valence-electron chi connectivity index (χ1n) is 17.8. The van der Waals surface area contributed by atoms with E-state index in [0.717, 1.165) is 12.8 Å². The molecule has 238 valence electrons.